The Kier molecular flexibility index (Phi) is 11.3. The van der Waals surface area contributed by atoms with Crippen molar-refractivity contribution in [2.24, 2.45) is 11.8 Å². The van der Waals surface area contributed by atoms with Crippen molar-refractivity contribution in [3.05, 3.63) is 64.7 Å². The molecule has 3 fully saturated rings. The molecule has 0 heterocycles. The van der Waals surface area contributed by atoms with Gasteiger partial charge in [-0.15, -0.1) is 0 Å². The van der Waals surface area contributed by atoms with Crippen molar-refractivity contribution in [2.45, 2.75) is 82.3 Å². The van der Waals surface area contributed by atoms with Crippen molar-refractivity contribution in [3.8, 4) is 0 Å². The molecule has 3 amide bonds. The number of nitrogens with one attached hydrogen (secondary N) is 4. The minimum absolute atomic E-state index is 0.00966. The lowest BCUT2D eigenvalue weighted by molar-refractivity contribution is -0.117. The number of rotatable bonds is 15. The second-order valence-electron chi connectivity index (χ2n) is 12.7. The Morgan fingerprint density at radius 3 is 2.43 bits per heavy atom. The molecule has 2 aromatic rings. The van der Waals surface area contributed by atoms with Crippen LogP contribution < -0.4 is 21.3 Å². The van der Waals surface area contributed by atoms with Gasteiger partial charge in [0.05, 0.1) is 13.7 Å². The molecule has 4 N–H and O–H groups in total. The van der Waals surface area contributed by atoms with E-state index >= 15 is 0 Å². The smallest absolute Gasteiger partial charge is 0.406 e. The van der Waals surface area contributed by atoms with Gasteiger partial charge >= 0.3 is 6.09 Å². The minimum atomic E-state index is -0.519. The molecule has 5 rings (SSSR count). The first-order valence-electron chi connectivity index (χ1n) is 16.4. The Bertz CT molecular complexity index is 1290. The van der Waals surface area contributed by atoms with Crippen molar-refractivity contribution < 1.29 is 23.9 Å². The molecule has 9 heteroatoms. The molecule has 9 nitrogen and oxygen atoms in total. The van der Waals surface area contributed by atoms with Crippen LogP contribution in [0.1, 0.15) is 103 Å². The van der Waals surface area contributed by atoms with E-state index in [0.717, 1.165) is 30.4 Å². The van der Waals surface area contributed by atoms with Gasteiger partial charge in [-0.05, 0) is 85.9 Å². The Labute approximate surface area is 261 Å². The van der Waals surface area contributed by atoms with E-state index in [1.807, 2.05) is 31.3 Å². The molecule has 0 spiro atoms. The van der Waals surface area contributed by atoms with Crippen molar-refractivity contribution in [2.75, 3.05) is 39.2 Å². The lowest BCUT2D eigenvalue weighted by atomic mass is 9.84. The maximum Gasteiger partial charge on any atom is 0.406 e. The third-order valence-corrected chi connectivity index (χ3v) is 8.97. The van der Waals surface area contributed by atoms with E-state index in [0.29, 0.717) is 29.6 Å². The third-order valence-electron chi connectivity index (χ3n) is 8.97. The van der Waals surface area contributed by atoms with E-state index in [4.69, 9.17) is 9.47 Å². The highest BCUT2D eigenvalue weighted by Gasteiger charge is 2.30. The van der Waals surface area contributed by atoms with Crippen LogP contribution in [-0.4, -0.2) is 57.8 Å². The van der Waals surface area contributed by atoms with Crippen LogP contribution in [0.4, 0.5) is 10.5 Å². The van der Waals surface area contributed by atoms with E-state index in [1.165, 1.54) is 57.6 Å². The first-order valence-corrected chi connectivity index (χ1v) is 16.4. The molecule has 0 saturated heterocycles. The zero-order valence-electron chi connectivity index (χ0n) is 26.2. The highest BCUT2D eigenvalue weighted by molar-refractivity contribution is 5.98. The average molecular weight is 605 g/mol. The minimum Gasteiger partial charge on any atom is -0.453 e. The van der Waals surface area contributed by atoms with Crippen molar-refractivity contribution in [3.63, 3.8) is 0 Å². The Balaban J connectivity index is 1.42. The first kappa shape index (κ1) is 32.0. The topological polar surface area (TPSA) is 118 Å². The number of methoxy groups -OCH3 is 1. The molecule has 44 heavy (non-hydrogen) atoms. The fourth-order valence-corrected chi connectivity index (χ4v) is 6.31. The molecule has 2 atom stereocenters. The van der Waals surface area contributed by atoms with Crippen LogP contribution in [0.2, 0.25) is 0 Å². The monoisotopic (exact) mass is 604 g/mol. The van der Waals surface area contributed by atoms with Crippen LogP contribution in [0.25, 0.3) is 0 Å². The van der Waals surface area contributed by atoms with Gasteiger partial charge in [0.15, 0.2) is 0 Å². The van der Waals surface area contributed by atoms with Gasteiger partial charge in [0.1, 0.15) is 6.10 Å². The molecule has 0 aromatic heterocycles. The summed E-state index contributed by atoms with van der Waals surface area (Å²) in [4.78, 5) is 38.3. The van der Waals surface area contributed by atoms with E-state index in [1.54, 1.807) is 6.07 Å². The van der Waals surface area contributed by atoms with Gasteiger partial charge in [-0.2, -0.15) is 0 Å². The van der Waals surface area contributed by atoms with Crippen LogP contribution in [-0.2, 0) is 14.3 Å². The van der Waals surface area contributed by atoms with Crippen molar-refractivity contribution in [1.29, 1.82) is 0 Å². The van der Waals surface area contributed by atoms with Gasteiger partial charge in [0.2, 0.25) is 5.91 Å². The van der Waals surface area contributed by atoms with Gasteiger partial charge in [-0.3, -0.25) is 9.59 Å². The zero-order valence-corrected chi connectivity index (χ0v) is 26.2. The van der Waals surface area contributed by atoms with E-state index < -0.39 is 12.2 Å². The lowest BCUT2D eigenvalue weighted by Gasteiger charge is -2.27. The van der Waals surface area contributed by atoms with Crippen molar-refractivity contribution in [1.82, 2.24) is 16.0 Å². The fourth-order valence-electron chi connectivity index (χ4n) is 6.31. The number of hydrogen-bond donors (Lipinski definition) is 4. The second-order valence-corrected chi connectivity index (χ2v) is 12.7. The number of benzene rings is 2. The Morgan fingerprint density at radius 2 is 1.73 bits per heavy atom. The summed E-state index contributed by atoms with van der Waals surface area (Å²) in [5.74, 6) is 1.03. The number of ether oxygens (including phenoxy) is 2. The summed E-state index contributed by atoms with van der Waals surface area (Å²) in [6.45, 7) is 1.20. The van der Waals surface area contributed by atoms with Crippen LogP contribution in [0, 0.1) is 11.8 Å². The number of amides is 3. The summed E-state index contributed by atoms with van der Waals surface area (Å²) in [7, 11) is 3.24. The molecule has 2 aromatic carbocycles. The first-order chi connectivity index (χ1) is 21.4. The Morgan fingerprint density at radius 1 is 0.932 bits per heavy atom. The molecule has 0 aliphatic heterocycles. The molecule has 3 aliphatic carbocycles. The van der Waals surface area contributed by atoms with Gasteiger partial charge in [-0.1, -0.05) is 56.4 Å². The summed E-state index contributed by atoms with van der Waals surface area (Å²) in [5, 5.41) is 12.3. The zero-order chi connectivity index (χ0) is 30.9. The van der Waals surface area contributed by atoms with Crippen LogP contribution in [0.15, 0.2) is 42.5 Å². The number of hydrogen-bond acceptors (Lipinski definition) is 6. The lowest BCUT2D eigenvalue weighted by Crippen LogP contribution is -2.42. The predicted octanol–water partition coefficient (Wildman–Crippen LogP) is 5.66. The van der Waals surface area contributed by atoms with Gasteiger partial charge in [0.25, 0.3) is 5.91 Å². The third kappa shape index (κ3) is 9.29. The SMILES string of the molecule is CNC[C@H](CC1CCCCC1)NC(=O)c1cc(NC(=O)C2CC2)cc(C(OCCNC(=O)OC)c2cccc(C3CC3)c2)c1. The molecule has 0 radical (unpaired) electrons. The number of likely N-dealkylation sites (N-methyl/N-ethyl adjacent to an activating group) is 1. The molecule has 3 aliphatic rings. The normalized spacial score (nSPS) is 18.2. The van der Waals surface area contributed by atoms with E-state index in [-0.39, 0.29) is 36.9 Å². The molecule has 3 saturated carbocycles. The number of carbonyl (C=O) groups is 3. The maximum absolute atomic E-state index is 13.8. The summed E-state index contributed by atoms with van der Waals surface area (Å²) >= 11 is 0. The molecule has 1 unspecified atom stereocenters. The summed E-state index contributed by atoms with van der Waals surface area (Å²) in [6.07, 6.45) is 10.3. The van der Waals surface area contributed by atoms with E-state index in [2.05, 4.69) is 33.4 Å². The Hall–Kier alpha value is -3.43. The number of alkyl carbamates (subject to hydrolysis) is 1. The van der Waals surface area contributed by atoms with Crippen LogP contribution in [0.3, 0.4) is 0 Å². The largest absolute Gasteiger partial charge is 0.453 e. The number of anilines is 1. The van der Waals surface area contributed by atoms with Gasteiger partial charge < -0.3 is 30.7 Å². The van der Waals surface area contributed by atoms with Crippen LogP contribution in [0.5, 0.6) is 0 Å². The van der Waals surface area contributed by atoms with E-state index in [9.17, 15) is 14.4 Å². The average Bonchev–Trinajstić information content (AvgIpc) is 3.95. The maximum atomic E-state index is 13.8. The molecular weight excluding hydrogens is 556 g/mol. The highest BCUT2D eigenvalue weighted by Crippen LogP contribution is 2.41. The summed E-state index contributed by atoms with van der Waals surface area (Å²) < 4.78 is 11.1. The quantitative estimate of drug-likeness (QED) is 0.195. The predicted molar refractivity (Wildman–Crippen MR) is 171 cm³/mol. The van der Waals surface area contributed by atoms with Crippen LogP contribution >= 0.6 is 0 Å². The summed E-state index contributed by atoms with van der Waals surface area (Å²) in [6, 6.07) is 14.0. The molecular formula is C35H48N4O5. The highest BCUT2D eigenvalue weighted by atomic mass is 16.5. The second kappa shape index (κ2) is 15.5. The number of carbonyl (C=O) groups excluding carboxylic acids is 3. The molecule has 238 valence electrons. The van der Waals surface area contributed by atoms with Crippen molar-refractivity contribution >= 4 is 23.6 Å². The molecule has 0 bridgehead atoms. The fraction of sp³-hybridized carbons (Fsp3) is 0.571. The standard InChI is InChI=1S/C35H48N4O5/c1-36-22-31(17-23-7-4-3-5-8-23)39-34(41)29-19-28(20-30(21-29)38-33(40)25-13-14-25)32(44-16-15-37-35(42)43-2)27-10-6-9-26(18-27)24-11-12-24/h6,9-10,18-21,23-25,31-32,36H,3-5,7-8,11-17,22H2,1-2H3,(H,37,42)(H,38,40)(H,39,41)/t31-,32?/m0/s1. The van der Waals surface area contributed by atoms with Gasteiger partial charge in [0, 0.05) is 36.3 Å². The summed E-state index contributed by atoms with van der Waals surface area (Å²) in [5.41, 5.74) is 4.08. The van der Waals surface area contributed by atoms with Gasteiger partial charge in [-0.25, -0.2) is 4.79 Å².